The molecule has 3 aromatic rings. The highest BCUT2D eigenvalue weighted by Gasteiger charge is 2.29. The number of carbonyl (C=O) groups is 1. The molecule has 0 spiro atoms. The SMILES string of the molecule is O=C(CN1CCc2cc(-c3ccccc3Oc3ccccc3)ccc2C1)N1CCN(C2CCCC2)CC1. The summed E-state index contributed by atoms with van der Waals surface area (Å²) >= 11 is 0. The minimum Gasteiger partial charge on any atom is -0.457 e. The van der Waals surface area contributed by atoms with Gasteiger partial charge in [-0.2, -0.15) is 0 Å². The number of para-hydroxylation sites is 2. The van der Waals surface area contributed by atoms with E-state index in [1.54, 1.807) is 0 Å². The average Bonchev–Trinajstić information content (AvgIpc) is 3.49. The van der Waals surface area contributed by atoms with Crippen LogP contribution in [-0.2, 0) is 17.8 Å². The maximum Gasteiger partial charge on any atom is 0.236 e. The number of hydrogen-bond donors (Lipinski definition) is 0. The highest BCUT2D eigenvalue weighted by atomic mass is 16.5. The lowest BCUT2D eigenvalue weighted by molar-refractivity contribution is -0.134. The maximum absolute atomic E-state index is 13.1. The number of amides is 1. The summed E-state index contributed by atoms with van der Waals surface area (Å²) in [5.74, 6) is 2.00. The second-order valence-electron chi connectivity index (χ2n) is 10.7. The van der Waals surface area contributed by atoms with E-state index >= 15 is 0 Å². The van der Waals surface area contributed by atoms with Gasteiger partial charge in [-0.25, -0.2) is 0 Å². The fraction of sp³-hybridized carbons (Fsp3) is 0.406. The number of ether oxygens (including phenoxy) is 1. The Kier molecular flexibility index (Phi) is 7.25. The van der Waals surface area contributed by atoms with Crippen LogP contribution < -0.4 is 4.74 Å². The van der Waals surface area contributed by atoms with Crippen molar-refractivity contribution in [2.75, 3.05) is 39.3 Å². The van der Waals surface area contributed by atoms with Gasteiger partial charge in [0.2, 0.25) is 5.91 Å². The van der Waals surface area contributed by atoms with Crippen LogP contribution in [0.4, 0.5) is 0 Å². The zero-order chi connectivity index (χ0) is 25.0. The first-order valence-corrected chi connectivity index (χ1v) is 13.9. The number of nitrogens with zero attached hydrogens (tertiary/aromatic N) is 3. The normalized spacial score (nSPS) is 19.1. The van der Waals surface area contributed by atoms with E-state index in [0.717, 1.165) is 68.8 Å². The summed E-state index contributed by atoms with van der Waals surface area (Å²) in [5, 5.41) is 0. The molecule has 3 aromatic carbocycles. The Bertz CT molecular complexity index is 1210. The van der Waals surface area contributed by atoms with E-state index in [9.17, 15) is 4.79 Å². The summed E-state index contributed by atoms with van der Waals surface area (Å²) in [6, 6.07) is 25.7. The van der Waals surface area contributed by atoms with Crippen LogP contribution in [0.15, 0.2) is 72.8 Å². The summed E-state index contributed by atoms with van der Waals surface area (Å²) in [6.45, 7) is 6.13. The van der Waals surface area contributed by atoms with Gasteiger partial charge < -0.3 is 9.64 Å². The van der Waals surface area contributed by atoms with Crippen molar-refractivity contribution in [3.8, 4) is 22.6 Å². The third-order valence-electron chi connectivity index (χ3n) is 8.33. The molecule has 1 amide bonds. The molecule has 0 N–H and O–H groups in total. The molecule has 3 aliphatic rings. The first kappa shape index (κ1) is 24.2. The second kappa shape index (κ2) is 11.1. The quantitative estimate of drug-likeness (QED) is 0.447. The third-order valence-corrected chi connectivity index (χ3v) is 8.33. The lowest BCUT2D eigenvalue weighted by Gasteiger charge is -2.39. The van der Waals surface area contributed by atoms with Crippen molar-refractivity contribution < 1.29 is 9.53 Å². The number of benzene rings is 3. The number of hydrogen-bond acceptors (Lipinski definition) is 4. The standard InChI is InChI=1S/C32H37N3O2/c36-32(35-20-18-34(19-21-35)28-8-4-5-9-28)24-33-17-16-25-22-26(14-15-27(25)23-33)30-12-6-7-13-31(30)37-29-10-2-1-3-11-29/h1-3,6-7,10-15,22,28H,4-5,8-9,16-21,23-24H2. The van der Waals surface area contributed by atoms with Crippen LogP contribution in [0.1, 0.15) is 36.8 Å². The van der Waals surface area contributed by atoms with Crippen LogP contribution in [-0.4, -0.2) is 65.9 Å². The monoisotopic (exact) mass is 495 g/mol. The van der Waals surface area contributed by atoms with Gasteiger partial charge in [0.1, 0.15) is 11.5 Å². The average molecular weight is 496 g/mol. The van der Waals surface area contributed by atoms with Gasteiger partial charge in [-0.15, -0.1) is 0 Å². The molecule has 0 atom stereocenters. The smallest absolute Gasteiger partial charge is 0.236 e. The molecule has 0 aromatic heterocycles. The number of rotatable bonds is 6. The predicted octanol–water partition coefficient (Wildman–Crippen LogP) is 5.59. The molecule has 6 rings (SSSR count). The number of piperazine rings is 1. The molecule has 1 saturated carbocycles. The Balaban J connectivity index is 1.08. The fourth-order valence-corrected chi connectivity index (χ4v) is 6.22. The van der Waals surface area contributed by atoms with E-state index in [2.05, 4.69) is 45.0 Å². The molecule has 0 bridgehead atoms. The number of fused-ring (bicyclic) bond motifs is 1. The molecule has 1 aliphatic carbocycles. The first-order chi connectivity index (χ1) is 18.2. The maximum atomic E-state index is 13.1. The van der Waals surface area contributed by atoms with E-state index in [-0.39, 0.29) is 5.91 Å². The molecule has 2 heterocycles. The summed E-state index contributed by atoms with van der Waals surface area (Å²) in [7, 11) is 0. The molecule has 1 saturated heterocycles. The van der Waals surface area contributed by atoms with Crippen molar-refractivity contribution in [3.05, 3.63) is 83.9 Å². The second-order valence-corrected chi connectivity index (χ2v) is 10.7. The molecule has 5 heteroatoms. The van der Waals surface area contributed by atoms with Crippen molar-refractivity contribution in [2.45, 2.75) is 44.7 Å². The van der Waals surface area contributed by atoms with Crippen LogP contribution in [0.5, 0.6) is 11.5 Å². The van der Waals surface area contributed by atoms with Gasteiger partial charge in [0.25, 0.3) is 0 Å². The van der Waals surface area contributed by atoms with Crippen LogP contribution in [0, 0.1) is 0 Å². The molecule has 2 fully saturated rings. The Labute approximate surface area is 220 Å². The summed E-state index contributed by atoms with van der Waals surface area (Å²) in [4.78, 5) is 20.1. The van der Waals surface area contributed by atoms with Gasteiger partial charge >= 0.3 is 0 Å². The third kappa shape index (κ3) is 5.58. The molecular weight excluding hydrogens is 458 g/mol. The molecule has 37 heavy (non-hydrogen) atoms. The molecule has 0 radical (unpaired) electrons. The Hall–Kier alpha value is -3.15. The predicted molar refractivity (Wildman–Crippen MR) is 148 cm³/mol. The van der Waals surface area contributed by atoms with Crippen molar-refractivity contribution in [1.29, 1.82) is 0 Å². The highest BCUT2D eigenvalue weighted by molar-refractivity contribution is 5.78. The zero-order valence-electron chi connectivity index (χ0n) is 21.6. The van der Waals surface area contributed by atoms with Crippen molar-refractivity contribution in [1.82, 2.24) is 14.7 Å². The molecule has 0 unspecified atom stereocenters. The van der Waals surface area contributed by atoms with Crippen molar-refractivity contribution in [2.24, 2.45) is 0 Å². The van der Waals surface area contributed by atoms with Crippen LogP contribution in [0.3, 0.4) is 0 Å². The molecular formula is C32H37N3O2. The van der Waals surface area contributed by atoms with Gasteiger partial charge in [0, 0.05) is 50.9 Å². The fourth-order valence-electron chi connectivity index (χ4n) is 6.22. The lowest BCUT2D eigenvalue weighted by Crippen LogP contribution is -2.53. The van der Waals surface area contributed by atoms with Crippen LogP contribution >= 0.6 is 0 Å². The molecule has 2 aliphatic heterocycles. The van der Waals surface area contributed by atoms with Crippen molar-refractivity contribution >= 4 is 5.91 Å². The molecule has 192 valence electrons. The van der Waals surface area contributed by atoms with E-state index in [1.807, 2.05) is 42.5 Å². The summed E-state index contributed by atoms with van der Waals surface area (Å²) in [6.07, 6.45) is 6.39. The largest absolute Gasteiger partial charge is 0.457 e. The zero-order valence-corrected chi connectivity index (χ0v) is 21.6. The van der Waals surface area contributed by atoms with Crippen LogP contribution in [0.25, 0.3) is 11.1 Å². The van der Waals surface area contributed by atoms with E-state index in [1.165, 1.54) is 42.4 Å². The highest BCUT2D eigenvalue weighted by Crippen LogP contribution is 2.35. The van der Waals surface area contributed by atoms with Gasteiger partial charge in [0.15, 0.2) is 0 Å². The van der Waals surface area contributed by atoms with Crippen LogP contribution in [0.2, 0.25) is 0 Å². The van der Waals surface area contributed by atoms with Gasteiger partial charge in [0.05, 0.1) is 6.54 Å². The lowest BCUT2D eigenvalue weighted by atomic mass is 9.94. The number of carbonyl (C=O) groups excluding carboxylic acids is 1. The van der Waals surface area contributed by atoms with Gasteiger partial charge in [-0.1, -0.05) is 67.4 Å². The Morgan fingerprint density at radius 3 is 2.38 bits per heavy atom. The van der Waals surface area contributed by atoms with Gasteiger partial charge in [-0.3, -0.25) is 14.6 Å². The van der Waals surface area contributed by atoms with Gasteiger partial charge in [-0.05, 0) is 54.2 Å². The minimum absolute atomic E-state index is 0.290. The molecule has 5 nitrogen and oxygen atoms in total. The Morgan fingerprint density at radius 1 is 0.811 bits per heavy atom. The van der Waals surface area contributed by atoms with E-state index in [0.29, 0.717) is 6.54 Å². The Morgan fingerprint density at radius 2 is 1.57 bits per heavy atom. The summed E-state index contributed by atoms with van der Waals surface area (Å²) in [5.41, 5.74) is 4.98. The minimum atomic E-state index is 0.290. The topological polar surface area (TPSA) is 36.0 Å². The van der Waals surface area contributed by atoms with E-state index in [4.69, 9.17) is 4.74 Å². The van der Waals surface area contributed by atoms with Crippen molar-refractivity contribution in [3.63, 3.8) is 0 Å². The summed E-state index contributed by atoms with van der Waals surface area (Å²) < 4.78 is 6.21. The first-order valence-electron chi connectivity index (χ1n) is 13.9. The van der Waals surface area contributed by atoms with E-state index < -0.39 is 0 Å².